The van der Waals surface area contributed by atoms with Crippen LogP contribution < -0.4 is 0 Å². The summed E-state index contributed by atoms with van der Waals surface area (Å²) in [6, 6.07) is 9.33. The third kappa shape index (κ3) is 6.08. The zero-order chi connectivity index (χ0) is 20.9. The van der Waals surface area contributed by atoms with Crippen LogP contribution in [0.15, 0.2) is 24.3 Å². The van der Waals surface area contributed by atoms with Crippen molar-refractivity contribution < 1.29 is 13.4 Å². The van der Waals surface area contributed by atoms with Crippen LogP contribution in [0.4, 0.5) is 4.39 Å². The molecule has 4 nitrogen and oxygen atoms in total. The van der Waals surface area contributed by atoms with Gasteiger partial charge < -0.3 is 9.05 Å². The largest absolute Gasteiger partial charge is 0.321 e. The molecule has 28 heavy (non-hydrogen) atoms. The first kappa shape index (κ1) is 23.9. The van der Waals surface area contributed by atoms with Crippen molar-refractivity contribution >= 4 is 30.1 Å². The minimum absolute atomic E-state index is 0.0892. The molecule has 8 heteroatoms. The summed E-state index contributed by atoms with van der Waals surface area (Å²) in [6.45, 7) is 13.2. The molecule has 1 heterocycles. The molecule has 1 fully saturated rings. The molecular weight excluding hydrogens is 414 g/mol. The van der Waals surface area contributed by atoms with Crippen molar-refractivity contribution in [3.63, 3.8) is 0 Å². The van der Waals surface area contributed by atoms with Gasteiger partial charge in [0.15, 0.2) is 0 Å². The molecule has 1 aliphatic heterocycles. The maximum atomic E-state index is 13.4. The van der Waals surface area contributed by atoms with Crippen molar-refractivity contribution in [1.82, 2.24) is 4.67 Å². The number of hydrogen-bond acceptors (Lipinski definition) is 6. The quantitative estimate of drug-likeness (QED) is 0.240. The second kappa shape index (κ2) is 10.6. The summed E-state index contributed by atoms with van der Waals surface area (Å²) in [5.41, 5.74) is 1.06. The molecule has 0 aromatic heterocycles. The van der Waals surface area contributed by atoms with Gasteiger partial charge in [0.25, 0.3) is 8.53 Å². The van der Waals surface area contributed by atoms with Crippen molar-refractivity contribution in [2.24, 2.45) is 0 Å². The zero-order valence-electron chi connectivity index (χ0n) is 17.4. The van der Waals surface area contributed by atoms with E-state index in [1.807, 2.05) is 12.1 Å². The van der Waals surface area contributed by atoms with Gasteiger partial charge >= 0.3 is 0 Å². The minimum Gasteiger partial charge on any atom is -0.321 e. The van der Waals surface area contributed by atoms with E-state index in [9.17, 15) is 4.39 Å². The van der Waals surface area contributed by atoms with Crippen molar-refractivity contribution in [3.05, 3.63) is 35.6 Å². The maximum Gasteiger partial charge on any atom is 0.259 e. The van der Waals surface area contributed by atoms with Gasteiger partial charge in [-0.25, -0.2) is 9.06 Å². The lowest BCUT2D eigenvalue weighted by Gasteiger charge is -2.39. The predicted molar refractivity (Wildman–Crippen MR) is 118 cm³/mol. The smallest absolute Gasteiger partial charge is 0.259 e. The number of rotatable bonds is 9. The molecular formula is C20H30FN2O2PS2. The summed E-state index contributed by atoms with van der Waals surface area (Å²) in [4.78, 5) is 0. The molecule has 0 N–H and O–H groups in total. The fourth-order valence-electron chi connectivity index (χ4n) is 3.09. The summed E-state index contributed by atoms with van der Waals surface area (Å²) in [7, 11) is 2.24. The van der Waals surface area contributed by atoms with Gasteiger partial charge in [-0.15, -0.1) is 0 Å². The number of benzene rings is 1. The second-order valence-corrected chi connectivity index (χ2v) is 12.2. The third-order valence-electron chi connectivity index (χ3n) is 4.39. The minimum atomic E-state index is -1.33. The summed E-state index contributed by atoms with van der Waals surface area (Å²) in [5.74, 6) is -0.232. The van der Waals surface area contributed by atoms with Crippen LogP contribution in [0.1, 0.15) is 58.8 Å². The molecule has 1 unspecified atom stereocenters. The van der Waals surface area contributed by atoms with E-state index < -0.39 is 8.53 Å². The molecule has 1 saturated heterocycles. The average Bonchev–Trinajstić information content (AvgIpc) is 2.90. The number of nitrogens with zero attached hydrogens (tertiary/aromatic N) is 2. The zero-order valence-corrected chi connectivity index (χ0v) is 19.9. The normalized spacial score (nSPS) is 22.8. The van der Waals surface area contributed by atoms with Crippen molar-refractivity contribution in [2.75, 3.05) is 6.61 Å². The maximum absolute atomic E-state index is 13.4. The molecule has 2 rings (SSSR count). The Morgan fingerprint density at radius 2 is 1.82 bits per heavy atom. The molecule has 0 bridgehead atoms. The summed E-state index contributed by atoms with van der Waals surface area (Å²) in [5, 5.41) is 8.99. The lowest BCUT2D eigenvalue weighted by atomic mass is 9.98. The van der Waals surface area contributed by atoms with Gasteiger partial charge in [-0.05, 0) is 59.2 Å². The number of nitriles is 1. The molecule has 0 saturated carbocycles. The van der Waals surface area contributed by atoms with Gasteiger partial charge in [0.05, 0.1) is 30.5 Å². The van der Waals surface area contributed by atoms with Crippen LogP contribution in [0, 0.1) is 17.1 Å². The van der Waals surface area contributed by atoms with E-state index in [1.54, 1.807) is 21.6 Å². The molecule has 0 amide bonds. The van der Waals surface area contributed by atoms with E-state index in [0.29, 0.717) is 13.0 Å². The van der Waals surface area contributed by atoms with Gasteiger partial charge in [-0.3, -0.25) is 0 Å². The third-order valence-corrected chi connectivity index (χ3v) is 10.2. The van der Waals surface area contributed by atoms with Gasteiger partial charge in [-0.2, -0.15) is 5.26 Å². The molecule has 156 valence electrons. The highest BCUT2D eigenvalue weighted by atomic mass is 33.1. The Labute approximate surface area is 177 Å². The molecule has 3 atom stereocenters. The first-order valence-electron chi connectivity index (χ1n) is 9.52. The molecule has 1 aromatic rings. The molecule has 0 spiro atoms. The highest BCUT2D eigenvalue weighted by molar-refractivity contribution is 8.77. The average molecular weight is 445 g/mol. The Kier molecular flexibility index (Phi) is 9.07. The Bertz CT molecular complexity index is 659. The van der Waals surface area contributed by atoms with Gasteiger partial charge in [0, 0.05) is 16.8 Å². The fraction of sp³-hybridized carbons (Fsp3) is 0.650. The summed E-state index contributed by atoms with van der Waals surface area (Å²) in [6.07, 6.45) is 0.242. The Morgan fingerprint density at radius 3 is 2.36 bits per heavy atom. The van der Waals surface area contributed by atoms with Crippen LogP contribution in [0.3, 0.4) is 0 Å². The second-order valence-electron chi connectivity index (χ2n) is 7.83. The molecule has 0 aliphatic carbocycles. The van der Waals surface area contributed by atoms with Crippen LogP contribution in [0.2, 0.25) is 0 Å². The van der Waals surface area contributed by atoms with E-state index in [0.717, 1.165) is 5.56 Å². The Morgan fingerprint density at radius 1 is 1.21 bits per heavy atom. The lowest BCUT2D eigenvalue weighted by molar-refractivity contribution is 0.114. The van der Waals surface area contributed by atoms with Crippen molar-refractivity contribution in [3.8, 4) is 6.07 Å². The van der Waals surface area contributed by atoms with E-state index in [-0.39, 0.29) is 34.0 Å². The number of halogens is 1. The molecule has 0 radical (unpaired) electrons. The topological polar surface area (TPSA) is 45.5 Å². The van der Waals surface area contributed by atoms with E-state index in [4.69, 9.17) is 14.3 Å². The highest BCUT2D eigenvalue weighted by Crippen LogP contribution is 2.63. The Balaban J connectivity index is 2.28. The summed E-state index contributed by atoms with van der Waals surface area (Å²) < 4.78 is 28.3. The van der Waals surface area contributed by atoms with Crippen LogP contribution in [0.25, 0.3) is 0 Å². The van der Waals surface area contributed by atoms with Gasteiger partial charge in [-0.1, -0.05) is 33.7 Å². The fourth-order valence-corrected chi connectivity index (χ4v) is 8.59. The van der Waals surface area contributed by atoms with Crippen molar-refractivity contribution in [2.45, 2.75) is 76.1 Å². The van der Waals surface area contributed by atoms with Gasteiger partial charge in [0.1, 0.15) is 5.82 Å². The van der Waals surface area contributed by atoms with Crippen LogP contribution in [0.5, 0.6) is 0 Å². The number of hydrogen-bond donors (Lipinski definition) is 0. The summed E-state index contributed by atoms with van der Waals surface area (Å²) >= 11 is 0. The molecule has 1 aromatic carbocycles. The predicted octanol–water partition coefficient (Wildman–Crippen LogP) is 6.70. The Hall–Kier alpha value is -0.350. The standard InChI is InChI=1S/C20H30FN2O2PS2/c1-14(2)23(15(3)4)26(24-13-7-12-22)25-19-18(27-28-20(19,5)6)16-8-10-17(21)11-9-16/h8-11,14-15,18-19H,7,13H2,1-6H3/t18-,19+,26?/m1/s1. The van der Waals surface area contributed by atoms with E-state index >= 15 is 0 Å². The SMILES string of the molecule is CC(C)N(C(C)C)P(OCCC#N)O[C@H]1[C@@H](c2ccc(F)cc2)SSC1(C)C. The first-order chi connectivity index (χ1) is 13.2. The van der Waals surface area contributed by atoms with Crippen molar-refractivity contribution in [1.29, 1.82) is 5.26 Å². The lowest BCUT2D eigenvalue weighted by Crippen LogP contribution is -2.39. The van der Waals surface area contributed by atoms with E-state index in [1.165, 1.54) is 12.1 Å². The van der Waals surface area contributed by atoms with Gasteiger partial charge in [0.2, 0.25) is 0 Å². The van der Waals surface area contributed by atoms with Crippen LogP contribution in [-0.4, -0.2) is 34.2 Å². The first-order valence-corrected chi connectivity index (χ1v) is 12.9. The van der Waals surface area contributed by atoms with E-state index in [2.05, 4.69) is 52.3 Å². The van der Waals surface area contributed by atoms with Crippen LogP contribution in [-0.2, 0) is 9.05 Å². The molecule has 1 aliphatic rings. The van der Waals surface area contributed by atoms with Crippen LogP contribution >= 0.6 is 30.1 Å². The monoisotopic (exact) mass is 444 g/mol. The highest BCUT2D eigenvalue weighted by Gasteiger charge is 2.48.